The largest absolute Gasteiger partial charge is 0.309 e. The number of nitrogens with zero attached hydrogens (tertiary/aromatic N) is 2. The maximum absolute atomic E-state index is 5.95. The van der Waals surface area contributed by atoms with E-state index in [1.807, 2.05) is 40.7 Å². The van der Waals surface area contributed by atoms with Gasteiger partial charge >= 0.3 is 0 Å². The van der Waals surface area contributed by atoms with Gasteiger partial charge in [-0.25, -0.2) is 4.98 Å². The predicted octanol–water partition coefficient (Wildman–Crippen LogP) is 3.22. The van der Waals surface area contributed by atoms with E-state index in [-0.39, 0.29) is 0 Å². The summed E-state index contributed by atoms with van der Waals surface area (Å²) in [6, 6.07) is 4.32. The van der Waals surface area contributed by atoms with E-state index in [0.29, 0.717) is 6.04 Å². The highest BCUT2D eigenvalue weighted by Crippen LogP contribution is 2.12. The Balaban J connectivity index is 1.95. The number of rotatable bonds is 6. The van der Waals surface area contributed by atoms with Gasteiger partial charge in [0.1, 0.15) is 5.65 Å². The molecule has 1 atom stereocenters. The Morgan fingerprint density at radius 2 is 2.28 bits per heavy atom. The normalized spacial score (nSPS) is 13.1. The lowest BCUT2D eigenvalue weighted by atomic mass is 10.2. The van der Waals surface area contributed by atoms with Gasteiger partial charge in [0.25, 0.3) is 0 Å². The Morgan fingerprint density at radius 3 is 3.06 bits per heavy atom. The lowest BCUT2D eigenvalue weighted by Gasteiger charge is -2.11. The van der Waals surface area contributed by atoms with Crippen molar-refractivity contribution in [1.82, 2.24) is 14.7 Å². The van der Waals surface area contributed by atoms with Crippen molar-refractivity contribution in [3.05, 3.63) is 35.2 Å². The van der Waals surface area contributed by atoms with Crippen molar-refractivity contribution in [2.75, 3.05) is 12.0 Å². The van der Waals surface area contributed by atoms with Crippen LogP contribution in [0.2, 0.25) is 5.02 Å². The molecule has 2 rings (SSSR count). The first-order valence-electron chi connectivity index (χ1n) is 6.04. The Labute approximate surface area is 117 Å². The smallest absolute Gasteiger partial charge is 0.137 e. The summed E-state index contributed by atoms with van der Waals surface area (Å²) in [5, 5.41) is 4.22. The quantitative estimate of drug-likeness (QED) is 0.883. The molecule has 0 radical (unpaired) electrons. The number of fused-ring (bicyclic) bond motifs is 1. The average molecular weight is 284 g/mol. The third-order valence-corrected chi connectivity index (χ3v) is 3.72. The first-order chi connectivity index (χ1) is 8.69. The fourth-order valence-corrected chi connectivity index (χ4v) is 2.54. The molecule has 0 bridgehead atoms. The Morgan fingerprint density at radius 1 is 1.44 bits per heavy atom. The Hall–Kier alpha value is -0.710. The highest BCUT2D eigenvalue weighted by Gasteiger charge is 2.04. The van der Waals surface area contributed by atoms with Crippen LogP contribution in [0.4, 0.5) is 0 Å². The summed E-state index contributed by atoms with van der Waals surface area (Å²) in [5.74, 6) is 1.19. The monoisotopic (exact) mass is 283 g/mol. The first kappa shape index (κ1) is 13.7. The van der Waals surface area contributed by atoms with E-state index in [1.54, 1.807) is 0 Å². The van der Waals surface area contributed by atoms with Crippen LogP contribution >= 0.6 is 23.4 Å². The second-order valence-corrected chi connectivity index (χ2v) is 5.83. The van der Waals surface area contributed by atoms with Crippen LogP contribution in [0.25, 0.3) is 5.65 Å². The molecule has 5 heteroatoms. The molecule has 0 amide bonds. The number of pyridine rings is 1. The van der Waals surface area contributed by atoms with Crippen molar-refractivity contribution in [2.24, 2.45) is 0 Å². The molecule has 2 heterocycles. The van der Waals surface area contributed by atoms with Crippen LogP contribution in [0.3, 0.4) is 0 Å². The average Bonchev–Trinajstić information content (AvgIpc) is 2.75. The van der Waals surface area contributed by atoms with E-state index < -0.39 is 0 Å². The van der Waals surface area contributed by atoms with Crippen molar-refractivity contribution in [3.63, 3.8) is 0 Å². The van der Waals surface area contributed by atoms with Crippen LogP contribution in [0.15, 0.2) is 24.5 Å². The van der Waals surface area contributed by atoms with E-state index in [2.05, 4.69) is 23.5 Å². The summed E-state index contributed by atoms with van der Waals surface area (Å²) in [7, 11) is 0. The zero-order valence-corrected chi connectivity index (χ0v) is 12.3. The second kappa shape index (κ2) is 6.45. The van der Waals surface area contributed by atoms with Crippen LogP contribution in [-0.4, -0.2) is 27.4 Å². The van der Waals surface area contributed by atoms with Crippen molar-refractivity contribution >= 4 is 29.0 Å². The molecule has 0 aromatic carbocycles. The Kier molecular flexibility index (Phi) is 4.92. The van der Waals surface area contributed by atoms with Gasteiger partial charge < -0.3 is 9.72 Å². The third kappa shape index (κ3) is 3.64. The van der Waals surface area contributed by atoms with Crippen molar-refractivity contribution < 1.29 is 0 Å². The minimum absolute atomic E-state index is 0.519. The van der Waals surface area contributed by atoms with Crippen LogP contribution < -0.4 is 5.32 Å². The predicted molar refractivity (Wildman–Crippen MR) is 79.5 cm³/mol. The molecule has 0 saturated heterocycles. The van der Waals surface area contributed by atoms with E-state index in [1.165, 1.54) is 12.2 Å². The summed E-state index contributed by atoms with van der Waals surface area (Å²) in [6.07, 6.45) is 7.22. The lowest BCUT2D eigenvalue weighted by Crippen LogP contribution is -2.26. The number of hydrogen-bond donors (Lipinski definition) is 1. The Bertz CT molecular complexity index is 512. The standard InChI is InChI=1S/C13H18ClN3S/c1-10(5-6-18-2)15-7-12-9-17-8-11(14)3-4-13(17)16-12/h3-4,8-10,15H,5-7H2,1-2H3. The van der Waals surface area contributed by atoms with Gasteiger partial charge in [0.15, 0.2) is 0 Å². The van der Waals surface area contributed by atoms with Gasteiger partial charge in [-0.05, 0) is 37.5 Å². The summed E-state index contributed by atoms with van der Waals surface area (Å²) in [6.45, 7) is 3.01. The lowest BCUT2D eigenvalue weighted by molar-refractivity contribution is 0.533. The molecule has 0 aliphatic heterocycles. The fourth-order valence-electron chi connectivity index (χ4n) is 1.78. The van der Waals surface area contributed by atoms with Gasteiger partial charge in [0, 0.05) is 25.0 Å². The van der Waals surface area contributed by atoms with Crippen LogP contribution in [-0.2, 0) is 6.54 Å². The number of imidazole rings is 1. The number of halogens is 1. The van der Waals surface area contributed by atoms with E-state index in [0.717, 1.165) is 22.9 Å². The first-order valence-corrected chi connectivity index (χ1v) is 7.81. The minimum Gasteiger partial charge on any atom is -0.309 e. The summed E-state index contributed by atoms with van der Waals surface area (Å²) in [5.41, 5.74) is 1.99. The van der Waals surface area contributed by atoms with Gasteiger partial charge in [0.2, 0.25) is 0 Å². The highest BCUT2D eigenvalue weighted by atomic mass is 35.5. The van der Waals surface area contributed by atoms with Crippen LogP contribution in [0.1, 0.15) is 19.0 Å². The minimum atomic E-state index is 0.519. The van der Waals surface area contributed by atoms with Gasteiger partial charge in [-0.2, -0.15) is 11.8 Å². The molecule has 2 aromatic heterocycles. The second-order valence-electron chi connectivity index (χ2n) is 4.41. The molecule has 0 aliphatic carbocycles. The van der Waals surface area contributed by atoms with Gasteiger partial charge in [-0.15, -0.1) is 0 Å². The van der Waals surface area contributed by atoms with Gasteiger partial charge in [-0.1, -0.05) is 11.6 Å². The van der Waals surface area contributed by atoms with Gasteiger partial charge in [0.05, 0.1) is 10.7 Å². The van der Waals surface area contributed by atoms with E-state index >= 15 is 0 Å². The maximum atomic E-state index is 5.95. The maximum Gasteiger partial charge on any atom is 0.137 e. The zero-order valence-electron chi connectivity index (χ0n) is 10.7. The molecule has 18 heavy (non-hydrogen) atoms. The molecule has 1 unspecified atom stereocenters. The van der Waals surface area contributed by atoms with Crippen molar-refractivity contribution in [2.45, 2.75) is 25.9 Å². The van der Waals surface area contributed by atoms with Crippen LogP contribution in [0.5, 0.6) is 0 Å². The molecule has 2 aromatic rings. The molecule has 0 aliphatic rings. The number of aromatic nitrogens is 2. The fraction of sp³-hybridized carbons (Fsp3) is 0.462. The molecule has 3 nitrogen and oxygen atoms in total. The highest BCUT2D eigenvalue weighted by molar-refractivity contribution is 7.98. The molecule has 1 N–H and O–H groups in total. The number of thioether (sulfide) groups is 1. The van der Waals surface area contributed by atoms with Crippen molar-refractivity contribution in [1.29, 1.82) is 0 Å². The topological polar surface area (TPSA) is 29.3 Å². The summed E-state index contributed by atoms with van der Waals surface area (Å²) >= 11 is 7.83. The van der Waals surface area contributed by atoms with E-state index in [9.17, 15) is 0 Å². The van der Waals surface area contributed by atoms with Crippen LogP contribution in [0, 0.1) is 0 Å². The molecule has 0 spiro atoms. The molecule has 98 valence electrons. The molecule has 0 saturated carbocycles. The summed E-state index contributed by atoms with van der Waals surface area (Å²) < 4.78 is 1.96. The number of hydrogen-bond acceptors (Lipinski definition) is 3. The van der Waals surface area contributed by atoms with Crippen molar-refractivity contribution in [3.8, 4) is 0 Å². The zero-order chi connectivity index (χ0) is 13.0. The SMILES string of the molecule is CSCCC(C)NCc1cn2cc(Cl)ccc2n1. The van der Waals surface area contributed by atoms with E-state index in [4.69, 9.17) is 11.6 Å². The summed E-state index contributed by atoms with van der Waals surface area (Å²) in [4.78, 5) is 4.54. The van der Waals surface area contributed by atoms with Gasteiger partial charge in [-0.3, -0.25) is 0 Å². The molecule has 0 fully saturated rings. The molecular weight excluding hydrogens is 266 g/mol. The molecular formula is C13H18ClN3S. The third-order valence-electron chi connectivity index (χ3n) is 2.85. The number of nitrogens with one attached hydrogen (secondary N) is 1.